The number of benzene rings is 2. The van der Waals surface area contributed by atoms with E-state index in [0.717, 1.165) is 0 Å². The van der Waals surface area contributed by atoms with E-state index in [4.69, 9.17) is 0 Å². The van der Waals surface area contributed by atoms with Gasteiger partial charge in [0.05, 0.1) is 7.89 Å². The van der Waals surface area contributed by atoms with E-state index in [1.165, 1.54) is 10.4 Å². The molecule has 2 aromatic carbocycles. The van der Waals surface area contributed by atoms with Crippen molar-refractivity contribution in [3.05, 3.63) is 60.7 Å². The van der Waals surface area contributed by atoms with Gasteiger partial charge in [0.25, 0.3) is 0 Å². The Bertz CT molecular complexity index is 445. The van der Waals surface area contributed by atoms with Gasteiger partial charge in [-0.1, -0.05) is 60.7 Å². The molecule has 0 unspecified atom stereocenters. The largest absolute Gasteiger partial charge is 0.0623 e. The lowest BCUT2D eigenvalue weighted by Gasteiger charge is -2.09. The van der Waals surface area contributed by atoms with E-state index >= 15 is 0 Å². The third-order valence-electron chi connectivity index (χ3n) is 2.37. The van der Waals surface area contributed by atoms with Gasteiger partial charge in [-0.2, -0.15) is 0 Å². The van der Waals surface area contributed by atoms with Crippen LogP contribution in [0, 0.1) is 0 Å². The Morgan fingerprint density at radius 2 is 1.00 bits per heavy atom. The lowest BCUT2D eigenvalue weighted by molar-refractivity contribution is 1.74. The third kappa shape index (κ3) is 2.70. The summed E-state index contributed by atoms with van der Waals surface area (Å²) in [5.74, 6) is 0. The molecule has 2 aromatic rings. The van der Waals surface area contributed by atoms with Crippen molar-refractivity contribution in [2.75, 3.05) is 0 Å². The van der Waals surface area contributed by atoms with Gasteiger partial charge >= 0.3 is 0 Å². The molecule has 6 radical (unpaired) electrons. The van der Waals surface area contributed by atoms with Gasteiger partial charge in [0.1, 0.15) is 0 Å². The molecule has 0 spiro atoms. The fraction of sp³-hybridized carbons (Fsp3) is 0. The molecule has 74 valence electrons. The van der Waals surface area contributed by atoms with Crippen molar-refractivity contribution in [2.24, 2.45) is 0 Å². The maximum Gasteiger partial charge on any atom is 0.0504 e. The van der Waals surface area contributed by atoms with Crippen LogP contribution in [0.4, 0.5) is 0 Å². The highest BCUT2D eigenvalue weighted by Crippen LogP contribution is 1.88. The first-order chi connectivity index (χ1) is 7.79. The van der Waals surface area contributed by atoms with Crippen LogP contribution in [0.1, 0.15) is 0 Å². The number of hydrogen-bond donors (Lipinski definition) is 0. The molecular formula is C12H10Si4. The van der Waals surface area contributed by atoms with Crippen LogP contribution in [-0.4, -0.2) is 34.3 Å². The Balaban J connectivity index is 2.54. The van der Waals surface area contributed by atoms with Crippen LogP contribution in [0.15, 0.2) is 60.7 Å². The SMILES string of the molecule is [Si][Si]([Si])=[Si](c1ccccc1)c1ccccc1. The van der Waals surface area contributed by atoms with Crippen LogP contribution in [0.2, 0.25) is 0 Å². The molecule has 2 rings (SSSR count). The minimum Gasteiger partial charge on any atom is -0.0623 e. The quantitative estimate of drug-likeness (QED) is 0.681. The normalized spacial score (nSPS) is 9.88. The standard InChI is InChI=1S/C12H10Si4/c13-16(14)15(11-7-3-1-4-8-11)12-9-5-2-6-10-12/h1-10H. The van der Waals surface area contributed by atoms with Gasteiger partial charge in [0.2, 0.25) is 0 Å². The van der Waals surface area contributed by atoms with Crippen LogP contribution in [0.5, 0.6) is 0 Å². The van der Waals surface area contributed by atoms with Gasteiger partial charge in [0, 0.05) is 19.5 Å². The summed E-state index contributed by atoms with van der Waals surface area (Å²) in [4.78, 5) is 0. The van der Waals surface area contributed by atoms with Crippen molar-refractivity contribution < 1.29 is 0 Å². The topological polar surface area (TPSA) is 0 Å². The zero-order valence-corrected chi connectivity index (χ0v) is 12.8. The minimum atomic E-state index is -0.688. The van der Waals surface area contributed by atoms with E-state index in [-0.39, 0.29) is 0 Å². The average Bonchev–Trinajstić information content (AvgIpc) is 2.31. The molecule has 0 amide bonds. The first-order valence-electron chi connectivity index (χ1n) is 5.07. The molecule has 0 atom stereocenters. The lowest BCUT2D eigenvalue weighted by atomic mass is 10.4. The summed E-state index contributed by atoms with van der Waals surface area (Å²) in [7, 11) is 6.97. The molecule has 0 aliphatic carbocycles. The third-order valence-corrected chi connectivity index (χ3v) is 12.4. The van der Waals surface area contributed by atoms with E-state index in [2.05, 4.69) is 80.2 Å². The minimum absolute atomic E-state index is 0.665. The highest BCUT2D eigenvalue weighted by molar-refractivity contribution is 7.44. The predicted molar refractivity (Wildman–Crippen MR) is 75.2 cm³/mol. The Morgan fingerprint density at radius 3 is 1.31 bits per heavy atom. The molecule has 0 nitrogen and oxygen atoms in total. The molecule has 4 heteroatoms. The molecule has 0 saturated heterocycles. The Labute approximate surface area is 105 Å². The summed E-state index contributed by atoms with van der Waals surface area (Å²) in [5, 5.41) is 2.91. The van der Waals surface area contributed by atoms with Crippen molar-refractivity contribution in [2.45, 2.75) is 0 Å². The number of hydrogen-bond acceptors (Lipinski definition) is 0. The highest BCUT2D eigenvalue weighted by Gasteiger charge is 2.06. The Morgan fingerprint density at radius 1 is 0.625 bits per heavy atom. The van der Waals surface area contributed by atoms with E-state index in [0.29, 0.717) is 0 Å². The van der Waals surface area contributed by atoms with Crippen LogP contribution in [0.3, 0.4) is 0 Å². The van der Waals surface area contributed by atoms with E-state index in [9.17, 15) is 0 Å². The summed E-state index contributed by atoms with van der Waals surface area (Å²) in [6.45, 7) is -0.665. The maximum atomic E-state index is 3.83. The zero-order valence-electron chi connectivity index (χ0n) is 8.77. The summed E-state index contributed by atoms with van der Waals surface area (Å²) in [6.07, 6.45) is 0. The maximum absolute atomic E-state index is 3.83. The first kappa shape index (κ1) is 11.8. The Kier molecular flexibility index (Phi) is 4.11. The average molecular weight is 267 g/mol. The van der Waals surface area contributed by atoms with E-state index in [1.54, 1.807) is 0 Å². The predicted octanol–water partition coefficient (Wildman–Crippen LogP) is 0.199. The molecule has 16 heavy (non-hydrogen) atoms. The van der Waals surface area contributed by atoms with Crippen LogP contribution in [0.25, 0.3) is 0 Å². The summed E-state index contributed by atoms with van der Waals surface area (Å²) < 4.78 is 0. The molecule has 0 saturated carbocycles. The summed E-state index contributed by atoms with van der Waals surface area (Å²) in [5.41, 5.74) is 0. The van der Waals surface area contributed by atoms with Gasteiger partial charge in [-0.15, -0.1) is 0 Å². The second kappa shape index (κ2) is 5.58. The van der Waals surface area contributed by atoms with Crippen molar-refractivity contribution in [1.82, 2.24) is 0 Å². The van der Waals surface area contributed by atoms with Crippen molar-refractivity contribution in [3.63, 3.8) is 0 Å². The smallest absolute Gasteiger partial charge is 0.0504 e. The van der Waals surface area contributed by atoms with Crippen LogP contribution < -0.4 is 10.4 Å². The first-order valence-corrected chi connectivity index (χ1v) is 12.1. The molecular weight excluding hydrogens is 256 g/mol. The highest BCUT2D eigenvalue weighted by atomic mass is 29.7. The van der Waals surface area contributed by atoms with E-state index in [1.807, 2.05) is 0 Å². The van der Waals surface area contributed by atoms with Gasteiger partial charge < -0.3 is 0 Å². The van der Waals surface area contributed by atoms with Crippen molar-refractivity contribution >= 4 is 44.7 Å². The molecule has 0 heterocycles. The van der Waals surface area contributed by atoms with Crippen molar-refractivity contribution in [3.8, 4) is 0 Å². The van der Waals surface area contributed by atoms with Gasteiger partial charge in [-0.3, -0.25) is 0 Å². The molecule has 0 aromatic heterocycles. The summed E-state index contributed by atoms with van der Waals surface area (Å²) >= 11 is 0. The Hall–Kier alpha value is -0.692. The second-order valence-electron chi connectivity index (χ2n) is 3.48. The second-order valence-corrected chi connectivity index (χ2v) is 16.6. The summed E-state index contributed by atoms with van der Waals surface area (Å²) in [6, 6.07) is 21.5. The fourth-order valence-electron chi connectivity index (χ4n) is 1.66. The zero-order chi connectivity index (χ0) is 11.4. The molecule has 0 aliphatic heterocycles. The van der Waals surface area contributed by atoms with Crippen LogP contribution in [-0.2, 0) is 0 Å². The van der Waals surface area contributed by atoms with Gasteiger partial charge in [-0.05, 0) is 17.3 Å². The molecule has 0 fully saturated rings. The van der Waals surface area contributed by atoms with E-state index < -0.39 is 14.8 Å². The van der Waals surface area contributed by atoms with Gasteiger partial charge in [0.15, 0.2) is 0 Å². The lowest BCUT2D eigenvalue weighted by Crippen LogP contribution is -2.42. The molecule has 0 aliphatic rings. The fourth-order valence-corrected chi connectivity index (χ4v) is 11.6. The number of rotatable bonds is 2. The van der Waals surface area contributed by atoms with Crippen LogP contribution >= 0.6 is 0 Å². The molecule has 0 N–H and O–H groups in total. The monoisotopic (exact) mass is 266 g/mol. The van der Waals surface area contributed by atoms with Gasteiger partial charge in [-0.25, -0.2) is 0 Å². The van der Waals surface area contributed by atoms with Crippen molar-refractivity contribution in [1.29, 1.82) is 0 Å². The molecule has 0 bridgehead atoms.